The smallest absolute Gasteiger partial charge is 0.0476 e. The molecule has 0 amide bonds. The largest absolute Gasteiger partial charge is 0.310 e. The highest BCUT2D eigenvalue weighted by atomic mass is 32.1. The second-order valence-electron chi connectivity index (χ2n) is 15.7. The van der Waals surface area contributed by atoms with Crippen LogP contribution < -0.4 is 9.80 Å². The first-order valence-corrected chi connectivity index (χ1v) is 22.6. The Morgan fingerprint density at radius 3 is 0.919 bits per heavy atom. The molecule has 0 saturated heterocycles. The molecule has 0 fully saturated rings. The number of benzene rings is 10. The van der Waals surface area contributed by atoms with Crippen molar-refractivity contribution in [2.45, 2.75) is 0 Å². The Bertz CT molecular complexity index is 3300. The Morgan fingerprint density at radius 2 is 0.532 bits per heavy atom. The van der Waals surface area contributed by atoms with Crippen LogP contribution in [0.5, 0.6) is 0 Å². The van der Waals surface area contributed by atoms with Crippen LogP contribution in [0.25, 0.3) is 73.4 Å². The summed E-state index contributed by atoms with van der Waals surface area (Å²) in [5.74, 6) is 0. The van der Waals surface area contributed by atoms with E-state index >= 15 is 0 Å². The van der Waals surface area contributed by atoms with Gasteiger partial charge in [-0.05, 0) is 118 Å². The van der Waals surface area contributed by atoms with Crippen LogP contribution in [0.3, 0.4) is 0 Å². The maximum Gasteiger partial charge on any atom is 0.0476 e. The molecule has 0 spiro atoms. The van der Waals surface area contributed by atoms with Gasteiger partial charge in [0.15, 0.2) is 0 Å². The van der Waals surface area contributed by atoms with E-state index in [4.69, 9.17) is 0 Å². The predicted octanol–water partition coefficient (Wildman–Crippen LogP) is 17.8. The van der Waals surface area contributed by atoms with E-state index in [-0.39, 0.29) is 0 Å². The normalized spacial score (nSPS) is 11.5. The molecule has 0 aliphatic carbocycles. The van der Waals surface area contributed by atoms with Crippen LogP contribution in [-0.2, 0) is 0 Å². The van der Waals surface area contributed by atoms with Gasteiger partial charge in [-0.15, -0.1) is 22.7 Å². The Labute approximate surface area is 368 Å². The highest BCUT2D eigenvalue weighted by Crippen LogP contribution is 2.47. The molecule has 62 heavy (non-hydrogen) atoms. The zero-order valence-corrected chi connectivity index (χ0v) is 35.3. The number of para-hydroxylation sites is 2. The van der Waals surface area contributed by atoms with E-state index in [0.29, 0.717) is 0 Å². The average Bonchev–Trinajstić information content (AvgIpc) is 3.91. The molecule has 0 radical (unpaired) electrons. The van der Waals surface area contributed by atoms with E-state index in [1.165, 1.54) is 73.4 Å². The minimum absolute atomic E-state index is 1.13. The Balaban J connectivity index is 0.945. The molecule has 0 atom stereocenters. The van der Waals surface area contributed by atoms with Crippen LogP contribution in [-0.4, -0.2) is 0 Å². The second kappa shape index (κ2) is 15.2. The predicted molar refractivity (Wildman–Crippen MR) is 270 cm³/mol. The fourth-order valence-electron chi connectivity index (χ4n) is 9.13. The molecule has 12 aromatic rings. The Kier molecular flexibility index (Phi) is 8.91. The number of fused-ring (bicyclic) bond motifs is 9. The average molecular weight is 827 g/mol. The maximum atomic E-state index is 2.37. The molecule has 12 rings (SSSR count). The fraction of sp³-hybridized carbons (Fsp3) is 0. The van der Waals surface area contributed by atoms with Gasteiger partial charge in [-0.1, -0.05) is 146 Å². The van der Waals surface area contributed by atoms with Gasteiger partial charge in [-0.3, -0.25) is 0 Å². The minimum Gasteiger partial charge on any atom is -0.310 e. The number of thiophene rings is 2. The third-order valence-electron chi connectivity index (χ3n) is 12.0. The first kappa shape index (κ1) is 36.4. The summed E-state index contributed by atoms with van der Waals surface area (Å²) in [6.45, 7) is 0. The van der Waals surface area contributed by atoms with Gasteiger partial charge < -0.3 is 9.80 Å². The minimum atomic E-state index is 1.13. The molecule has 0 bridgehead atoms. The zero-order valence-electron chi connectivity index (χ0n) is 33.7. The third-order valence-corrected chi connectivity index (χ3v) is 14.3. The zero-order chi connectivity index (χ0) is 41.0. The van der Waals surface area contributed by atoms with Crippen molar-refractivity contribution in [1.29, 1.82) is 0 Å². The fourth-order valence-corrected chi connectivity index (χ4v) is 11.4. The van der Waals surface area contributed by atoms with Gasteiger partial charge in [0.1, 0.15) is 0 Å². The van der Waals surface area contributed by atoms with Gasteiger partial charge in [0.25, 0.3) is 0 Å². The van der Waals surface area contributed by atoms with Crippen molar-refractivity contribution >= 4 is 108 Å². The lowest BCUT2D eigenvalue weighted by molar-refractivity contribution is 1.29. The molecule has 0 aliphatic heterocycles. The van der Waals surface area contributed by atoms with Crippen molar-refractivity contribution in [3.8, 4) is 22.3 Å². The van der Waals surface area contributed by atoms with Gasteiger partial charge in [-0.2, -0.15) is 0 Å². The molecule has 10 aromatic carbocycles. The summed E-state index contributed by atoms with van der Waals surface area (Å²) in [6.07, 6.45) is 0. The molecule has 0 aliphatic rings. The molecule has 0 unspecified atom stereocenters. The van der Waals surface area contributed by atoms with Crippen LogP contribution in [0.4, 0.5) is 34.1 Å². The topological polar surface area (TPSA) is 6.48 Å². The highest BCUT2D eigenvalue weighted by molar-refractivity contribution is 7.26. The molecule has 2 nitrogen and oxygen atoms in total. The molecule has 0 saturated carbocycles. The third kappa shape index (κ3) is 6.31. The summed E-state index contributed by atoms with van der Waals surface area (Å²) >= 11 is 3.76. The lowest BCUT2D eigenvalue weighted by Crippen LogP contribution is -2.09. The second-order valence-corrected chi connectivity index (χ2v) is 17.9. The molecule has 292 valence electrons. The van der Waals surface area contributed by atoms with Crippen LogP contribution in [0, 0.1) is 0 Å². The van der Waals surface area contributed by atoms with E-state index in [9.17, 15) is 0 Å². The van der Waals surface area contributed by atoms with Crippen LogP contribution >= 0.6 is 22.7 Å². The summed E-state index contributed by atoms with van der Waals surface area (Å²) in [4.78, 5) is 4.73. The number of anilines is 6. The van der Waals surface area contributed by atoms with E-state index in [1.807, 2.05) is 22.7 Å². The molecule has 2 heterocycles. The SMILES string of the molecule is c1ccc(-c2ccc(N(c3ccccc3)c3ccc4c(c3)sc3ccc5c(ccc6sc7cc(N(c8ccccc8)c8ccc(-c9ccccc9)cc8)ccc7c65)c34)cc2)cc1. The maximum absolute atomic E-state index is 2.37. The van der Waals surface area contributed by atoms with Crippen molar-refractivity contribution in [2.75, 3.05) is 9.80 Å². The lowest BCUT2D eigenvalue weighted by atomic mass is 9.99. The van der Waals surface area contributed by atoms with Crippen LogP contribution in [0.1, 0.15) is 0 Å². The van der Waals surface area contributed by atoms with E-state index in [0.717, 1.165) is 34.1 Å². The van der Waals surface area contributed by atoms with Crippen LogP contribution in [0.2, 0.25) is 0 Å². The van der Waals surface area contributed by atoms with Crippen molar-refractivity contribution in [3.63, 3.8) is 0 Å². The quantitative estimate of drug-likeness (QED) is 0.151. The van der Waals surface area contributed by atoms with Gasteiger partial charge in [0, 0.05) is 74.5 Å². The van der Waals surface area contributed by atoms with E-state index in [1.54, 1.807) is 0 Å². The summed E-state index contributed by atoms with van der Waals surface area (Å²) in [5.41, 5.74) is 11.7. The summed E-state index contributed by atoms with van der Waals surface area (Å²) < 4.78 is 5.18. The van der Waals surface area contributed by atoms with Crippen molar-refractivity contribution in [3.05, 3.63) is 231 Å². The number of hydrogen-bond donors (Lipinski definition) is 0. The Morgan fingerprint density at radius 1 is 0.226 bits per heavy atom. The van der Waals surface area contributed by atoms with Gasteiger partial charge in [-0.25, -0.2) is 0 Å². The van der Waals surface area contributed by atoms with E-state index in [2.05, 4.69) is 240 Å². The summed E-state index contributed by atoms with van der Waals surface area (Å²) in [6, 6.07) is 83.8. The molecular weight excluding hydrogens is 789 g/mol. The standard InChI is InChI=1S/C58H38N2S2/c1-5-13-39(14-6-1)41-21-25-45(26-22-41)59(43-17-9-3-10-18-43)47-29-31-51-55(37-47)61-53-35-33-50-49(57(51)53)34-36-54-58(50)52-32-30-48(38-56(52)62-54)60(44-19-11-4-12-20-44)46-27-23-42(24-28-46)40-15-7-2-8-16-40/h1-38H. The van der Waals surface area contributed by atoms with Crippen molar-refractivity contribution < 1.29 is 0 Å². The Hall–Kier alpha value is -7.50. The molecule has 2 aromatic heterocycles. The molecular formula is C58H38N2S2. The summed E-state index contributed by atoms with van der Waals surface area (Å²) in [7, 11) is 0. The molecule has 4 heteroatoms. The molecule has 0 N–H and O–H groups in total. The van der Waals surface area contributed by atoms with Gasteiger partial charge in [0.05, 0.1) is 0 Å². The monoisotopic (exact) mass is 826 g/mol. The van der Waals surface area contributed by atoms with Crippen LogP contribution in [0.15, 0.2) is 231 Å². The number of hydrogen-bond acceptors (Lipinski definition) is 4. The van der Waals surface area contributed by atoms with Crippen molar-refractivity contribution in [1.82, 2.24) is 0 Å². The lowest BCUT2D eigenvalue weighted by Gasteiger charge is -2.25. The first-order chi connectivity index (χ1) is 30.7. The van der Waals surface area contributed by atoms with Crippen molar-refractivity contribution in [2.24, 2.45) is 0 Å². The number of nitrogens with zero attached hydrogens (tertiary/aromatic N) is 2. The number of rotatable bonds is 8. The van der Waals surface area contributed by atoms with E-state index < -0.39 is 0 Å². The van der Waals surface area contributed by atoms with Gasteiger partial charge in [0.2, 0.25) is 0 Å². The highest BCUT2D eigenvalue weighted by Gasteiger charge is 2.19. The summed E-state index contributed by atoms with van der Waals surface area (Å²) in [5, 5.41) is 7.87. The first-order valence-electron chi connectivity index (χ1n) is 21.0. The van der Waals surface area contributed by atoms with Gasteiger partial charge >= 0.3 is 0 Å².